The van der Waals surface area contributed by atoms with Crippen molar-refractivity contribution in [2.75, 3.05) is 12.4 Å². The number of benzene rings is 1. The van der Waals surface area contributed by atoms with E-state index in [1.54, 1.807) is 0 Å². The summed E-state index contributed by atoms with van der Waals surface area (Å²) in [6, 6.07) is 3.49. The molecule has 0 aliphatic carbocycles. The summed E-state index contributed by atoms with van der Waals surface area (Å²) in [5, 5.41) is 12.8. The SMILES string of the molecule is C=C(C)C(OC(=O)Nc1ccc([N+](=O)[O-])cc1Cl)C(=O)OC. The van der Waals surface area contributed by atoms with E-state index in [4.69, 9.17) is 16.3 Å². The molecule has 22 heavy (non-hydrogen) atoms. The van der Waals surface area contributed by atoms with Crippen molar-refractivity contribution in [3.63, 3.8) is 0 Å². The molecule has 1 N–H and O–H groups in total. The van der Waals surface area contributed by atoms with Crippen molar-refractivity contribution in [2.45, 2.75) is 13.0 Å². The highest BCUT2D eigenvalue weighted by Gasteiger charge is 2.25. The van der Waals surface area contributed by atoms with Crippen molar-refractivity contribution in [2.24, 2.45) is 0 Å². The van der Waals surface area contributed by atoms with E-state index in [1.165, 1.54) is 13.0 Å². The number of nitro benzene ring substituents is 1. The van der Waals surface area contributed by atoms with Gasteiger partial charge >= 0.3 is 12.1 Å². The minimum Gasteiger partial charge on any atom is -0.466 e. The second-order valence-corrected chi connectivity index (χ2v) is 4.61. The lowest BCUT2D eigenvalue weighted by Crippen LogP contribution is -2.31. The maximum absolute atomic E-state index is 11.7. The number of carbonyl (C=O) groups is 2. The Morgan fingerprint density at radius 1 is 1.45 bits per heavy atom. The lowest BCUT2D eigenvalue weighted by atomic mass is 10.2. The van der Waals surface area contributed by atoms with Crippen molar-refractivity contribution < 1.29 is 24.0 Å². The molecule has 9 heteroatoms. The average molecular weight is 329 g/mol. The first-order chi connectivity index (χ1) is 10.3. The monoisotopic (exact) mass is 328 g/mol. The molecule has 1 amide bonds. The van der Waals surface area contributed by atoms with Crippen LogP contribution in [-0.4, -0.2) is 30.2 Å². The van der Waals surface area contributed by atoms with Crippen molar-refractivity contribution in [3.8, 4) is 0 Å². The molecule has 0 saturated heterocycles. The van der Waals surface area contributed by atoms with Gasteiger partial charge in [0.05, 0.1) is 22.7 Å². The molecular formula is C13H13ClN2O6. The van der Waals surface area contributed by atoms with Crippen LogP contribution in [0.2, 0.25) is 5.02 Å². The van der Waals surface area contributed by atoms with Gasteiger partial charge in [0.25, 0.3) is 5.69 Å². The number of nitrogens with zero attached hydrogens (tertiary/aromatic N) is 1. The minimum atomic E-state index is -1.26. The van der Waals surface area contributed by atoms with Crippen LogP contribution in [0, 0.1) is 10.1 Å². The van der Waals surface area contributed by atoms with Crippen LogP contribution in [0.3, 0.4) is 0 Å². The summed E-state index contributed by atoms with van der Waals surface area (Å²) in [5.74, 6) is -0.780. The average Bonchev–Trinajstić information content (AvgIpc) is 2.45. The van der Waals surface area contributed by atoms with Gasteiger partial charge in [-0.15, -0.1) is 0 Å². The lowest BCUT2D eigenvalue weighted by molar-refractivity contribution is -0.384. The standard InChI is InChI=1S/C13H13ClN2O6/c1-7(2)11(12(17)21-3)22-13(18)15-10-5-4-8(16(19)20)6-9(10)14/h4-6,11H,1H2,2-3H3,(H,15,18). The largest absolute Gasteiger partial charge is 0.466 e. The summed E-state index contributed by atoms with van der Waals surface area (Å²) in [7, 11) is 1.15. The molecule has 0 bridgehead atoms. The van der Waals surface area contributed by atoms with Gasteiger partial charge in [-0.05, 0) is 18.6 Å². The van der Waals surface area contributed by atoms with E-state index >= 15 is 0 Å². The summed E-state index contributed by atoms with van der Waals surface area (Å²) in [5.41, 5.74) is 0.151. The van der Waals surface area contributed by atoms with Crippen LogP contribution in [0.4, 0.5) is 16.2 Å². The van der Waals surface area contributed by atoms with Gasteiger partial charge in [-0.25, -0.2) is 9.59 Å². The Morgan fingerprint density at radius 3 is 2.55 bits per heavy atom. The Bertz CT molecular complexity index is 631. The van der Waals surface area contributed by atoms with Gasteiger partial charge < -0.3 is 9.47 Å². The molecule has 1 unspecified atom stereocenters. The van der Waals surface area contributed by atoms with Gasteiger partial charge in [0.15, 0.2) is 0 Å². The van der Waals surface area contributed by atoms with Gasteiger partial charge in [0.2, 0.25) is 6.10 Å². The van der Waals surface area contributed by atoms with E-state index in [1.807, 2.05) is 0 Å². The number of amides is 1. The maximum Gasteiger partial charge on any atom is 0.412 e. The summed E-state index contributed by atoms with van der Waals surface area (Å²) in [4.78, 5) is 33.1. The Labute approximate surface area is 130 Å². The van der Waals surface area contributed by atoms with Crippen LogP contribution in [-0.2, 0) is 14.3 Å². The second kappa shape index (κ2) is 7.41. The van der Waals surface area contributed by atoms with Crippen LogP contribution in [0.15, 0.2) is 30.4 Å². The van der Waals surface area contributed by atoms with Gasteiger partial charge in [-0.1, -0.05) is 18.2 Å². The zero-order chi connectivity index (χ0) is 16.9. The number of methoxy groups -OCH3 is 1. The van der Waals surface area contributed by atoms with Crippen LogP contribution < -0.4 is 5.32 Å². The highest BCUT2D eigenvalue weighted by molar-refractivity contribution is 6.33. The predicted octanol–water partition coefficient (Wildman–Crippen LogP) is 2.91. The Morgan fingerprint density at radius 2 is 2.09 bits per heavy atom. The number of ether oxygens (including phenoxy) is 2. The Kier molecular flexibility index (Phi) is 5.88. The number of hydrogen-bond donors (Lipinski definition) is 1. The molecule has 0 aliphatic rings. The molecule has 1 aromatic rings. The summed E-state index contributed by atoms with van der Waals surface area (Å²) in [6.45, 7) is 5.02. The van der Waals surface area contributed by atoms with Crippen LogP contribution >= 0.6 is 11.6 Å². The Hall–Kier alpha value is -2.61. The number of nitrogens with one attached hydrogen (secondary N) is 1. The van der Waals surface area contributed by atoms with E-state index in [2.05, 4.69) is 16.6 Å². The maximum atomic E-state index is 11.7. The van der Waals surface area contributed by atoms with Crippen molar-refractivity contribution in [1.82, 2.24) is 0 Å². The quantitative estimate of drug-likeness (QED) is 0.385. The molecule has 0 aromatic heterocycles. The number of rotatable bonds is 5. The summed E-state index contributed by atoms with van der Waals surface area (Å²) < 4.78 is 9.37. The van der Waals surface area contributed by atoms with Crippen molar-refractivity contribution in [3.05, 3.63) is 45.5 Å². The fourth-order valence-electron chi connectivity index (χ4n) is 1.42. The van der Waals surface area contributed by atoms with E-state index in [0.29, 0.717) is 0 Å². The number of hydrogen-bond acceptors (Lipinski definition) is 6. The van der Waals surface area contributed by atoms with E-state index in [0.717, 1.165) is 19.2 Å². The summed E-state index contributed by atoms with van der Waals surface area (Å²) >= 11 is 5.82. The van der Waals surface area contributed by atoms with Crippen LogP contribution in [0.1, 0.15) is 6.92 Å². The number of non-ortho nitro benzene ring substituents is 1. The van der Waals surface area contributed by atoms with E-state index in [-0.39, 0.29) is 22.0 Å². The molecule has 0 fully saturated rings. The van der Waals surface area contributed by atoms with Crippen LogP contribution in [0.25, 0.3) is 0 Å². The molecular weight excluding hydrogens is 316 g/mol. The number of nitro groups is 1. The number of esters is 1. The molecule has 0 aliphatic heterocycles. The van der Waals surface area contributed by atoms with Gasteiger partial charge in [-0.2, -0.15) is 0 Å². The second-order valence-electron chi connectivity index (χ2n) is 4.20. The molecule has 0 spiro atoms. The normalized spacial score (nSPS) is 11.2. The fraction of sp³-hybridized carbons (Fsp3) is 0.231. The van der Waals surface area contributed by atoms with Gasteiger partial charge in [0, 0.05) is 12.1 Å². The van der Waals surface area contributed by atoms with Crippen molar-refractivity contribution in [1.29, 1.82) is 0 Å². The molecule has 0 radical (unpaired) electrons. The van der Waals surface area contributed by atoms with E-state index < -0.39 is 23.1 Å². The zero-order valence-electron chi connectivity index (χ0n) is 11.8. The molecule has 118 valence electrons. The van der Waals surface area contributed by atoms with Crippen molar-refractivity contribution >= 4 is 35.0 Å². The molecule has 1 aromatic carbocycles. The molecule has 1 atom stereocenters. The minimum absolute atomic E-state index is 0.0453. The lowest BCUT2D eigenvalue weighted by Gasteiger charge is -2.16. The third-order valence-electron chi connectivity index (χ3n) is 2.49. The highest BCUT2D eigenvalue weighted by Crippen LogP contribution is 2.26. The first-order valence-electron chi connectivity index (χ1n) is 5.91. The zero-order valence-corrected chi connectivity index (χ0v) is 12.5. The third-order valence-corrected chi connectivity index (χ3v) is 2.80. The molecule has 8 nitrogen and oxygen atoms in total. The highest BCUT2D eigenvalue weighted by atomic mass is 35.5. The van der Waals surface area contributed by atoms with Gasteiger partial charge in [-0.3, -0.25) is 15.4 Å². The van der Waals surface area contributed by atoms with Crippen LogP contribution in [0.5, 0.6) is 0 Å². The number of anilines is 1. The number of carbonyl (C=O) groups excluding carboxylic acids is 2. The smallest absolute Gasteiger partial charge is 0.412 e. The first-order valence-corrected chi connectivity index (χ1v) is 6.29. The molecule has 1 rings (SSSR count). The molecule has 0 heterocycles. The Balaban J connectivity index is 2.82. The topological polar surface area (TPSA) is 108 Å². The summed E-state index contributed by atoms with van der Waals surface area (Å²) in [6.07, 6.45) is -2.24. The number of halogens is 1. The molecule has 0 saturated carbocycles. The van der Waals surface area contributed by atoms with Gasteiger partial charge in [0.1, 0.15) is 0 Å². The first kappa shape index (κ1) is 17.4. The van der Waals surface area contributed by atoms with E-state index in [9.17, 15) is 19.7 Å². The fourth-order valence-corrected chi connectivity index (χ4v) is 1.64. The predicted molar refractivity (Wildman–Crippen MR) is 78.8 cm³/mol. The third kappa shape index (κ3) is 4.45.